The predicted octanol–water partition coefficient (Wildman–Crippen LogP) is 4.03. The lowest BCUT2D eigenvalue weighted by Gasteiger charge is -2.08. The van der Waals surface area contributed by atoms with Gasteiger partial charge in [-0.05, 0) is 56.7 Å². The summed E-state index contributed by atoms with van der Waals surface area (Å²) in [6.07, 6.45) is 4.35. The SMILES string of the molecule is Cc1noc(C)c1CCC(=O)Nc1cccc(-c2ccc3nnc(-c4cccnc4)n3n2)c1. The van der Waals surface area contributed by atoms with Gasteiger partial charge < -0.3 is 9.84 Å². The van der Waals surface area contributed by atoms with E-state index in [1.165, 1.54) is 0 Å². The minimum Gasteiger partial charge on any atom is -0.361 e. The van der Waals surface area contributed by atoms with Gasteiger partial charge in [0.15, 0.2) is 11.5 Å². The number of pyridine rings is 1. The molecule has 9 nitrogen and oxygen atoms in total. The summed E-state index contributed by atoms with van der Waals surface area (Å²) in [5.41, 5.74) is 5.58. The standard InChI is InChI=1S/C24H21N7O2/c1-15-20(16(2)33-30-15)8-11-23(32)26-19-7-3-5-17(13-19)21-9-10-22-27-28-24(31(22)29-21)18-6-4-12-25-14-18/h3-7,9-10,12-14H,8,11H2,1-2H3,(H,26,32). The van der Waals surface area contributed by atoms with Crippen molar-refractivity contribution in [1.82, 2.24) is 30.0 Å². The van der Waals surface area contributed by atoms with E-state index >= 15 is 0 Å². The Morgan fingerprint density at radius 3 is 2.73 bits per heavy atom. The molecule has 0 bridgehead atoms. The minimum atomic E-state index is -0.0757. The Kier molecular flexibility index (Phi) is 5.35. The zero-order valence-corrected chi connectivity index (χ0v) is 18.2. The van der Waals surface area contributed by atoms with E-state index in [4.69, 9.17) is 9.62 Å². The molecule has 4 aromatic heterocycles. The summed E-state index contributed by atoms with van der Waals surface area (Å²) in [6.45, 7) is 3.74. The van der Waals surface area contributed by atoms with Gasteiger partial charge in [0.25, 0.3) is 0 Å². The maximum Gasteiger partial charge on any atom is 0.224 e. The monoisotopic (exact) mass is 439 g/mol. The number of benzene rings is 1. The van der Waals surface area contributed by atoms with E-state index < -0.39 is 0 Å². The molecule has 0 aliphatic carbocycles. The molecule has 5 aromatic rings. The number of nitrogens with zero attached hydrogens (tertiary/aromatic N) is 6. The summed E-state index contributed by atoms with van der Waals surface area (Å²) in [6, 6.07) is 15.1. The third-order valence-electron chi connectivity index (χ3n) is 5.41. The Balaban J connectivity index is 1.36. The number of hydrogen-bond donors (Lipinski definition) is 1. The molecule has 9 heteroatoms. The number of rotatable bonds is 6. The quantitative estimate of drug-likeness (QED) is 0.425. The van der Waals surface area contributed by atoms with Gasteiger partial charge in [-0.25, -0.2) is 0 Å². The second-order valence-electron chi connectivity index (χ2n) is 7.69. The Morgan fingerprint density at radius 2 is 1.94 bits per heavy atom. The third kappa shape index (κ3) is 4.20. The molecule has 0 aliphatic rings. The van der Waals surface area contributed by atoms with Crippen LogP contribution < -0.4 is 5.32 Å². The summed E-state index contributed by atoms with van der Waals surface area (Å²) in [5, 5.41) is 20.1. The van der Waals surface area contributed by atoms with E-state index in [0.717, 1.165) is 33.8 Å². The maximum absolute atomic E-state index is 12.5. The average Bonchev–Trinajstić information content (AvgIpc) is 3.40. The van der Waals surface area contributed by atoms with Gasteiger partial charge in [0.1, 0.15) is 5.76 Å². The molecule has 0 radical (unpaired) electrons. The lowest BCUT2D eigenvalue weighted by Crippen LogP contribution is -2.12. The molecule has 0 aliphatic heterocycles. The van der Waals surface area contributed by atoms with Gasteiger partial charge in [-0.1, -0.05) is 17.3 Å². The first-order valence-electron chi connectivity index (χ1n) is 10.5. The van der Waals surface area contributed by atoms with Gasteiger partial charge in [0.2, 0.25) is 5.91 Å². The van der Waals surface area contributed by atoms with E-state index in [9.17, 15) is 4.79 Å². The fraction of sp³-hybridized carbons (Fsp3) is 0.167. The highest BCUT2D eigenvalue weighted by atomic mass is 16.5. The molecular formula is C24H21N7O2. The van der Waals surface area contributed by atoms with Crippen LogP contribution in [0.1, 0.15) is 23.4 Å². The van der Waals surface area contributed by atoms with Crippen molar-refractivity contribution >= 4 is 17.2 Å². The van der Waals surface area contributed by atoms with Crippen LogP contribution in [-0.2, 0) is 11.2 Å². The van der Waals surface area contributed by atoms with Crippen molar-refractivity contribution in [3.63, 3.8) is 0 Å². The number of nitrogens with one attached hydrogen (secondary N) is 1. The van der Waals surface area contributed by atoms with Gasteiger partial charge in [-0.15, -0.1) is 10.2 Å². The van der Waals surface area contributed by atoms with Gasteiger partial charge in [0.05, 0.1) is 11.4 Å². The van der Waals surface area contributed by atoms with E-state index in [1.807, 2.05) is 62.4 Å². The zero-order chi connectivity index (χ0) is 22.8. The number of carbonyl (C=O) groups is 1. The van der Waals surface area contributed by atoms with Crippen LogP contribution in [0, 0.1) is 13.8 Å². The predicted molar refractivity (Wildman–Crippen MR) is 122 cm³/mol. The fourth-order valence-corrected chi connectivity index (χ4v) is 3.69. The summed E-state index contributed by atoms with van der Waals surface area (Å²) in [4.78, 5) is 16.7. The minimum absolute atomic E-state index is 0.0757. The normalized spacial score (nSPS) is 11.1. The van der Waals surface area contributed by atoms with Crippen LogP contribution in [0.2, 0.25) is 0 Å². The zero-order valence-electron chi connectivity index (χ0n) is 18.2. The number of amides is 1. The first kappa shape index (κ1) is 20.5. The highest BCUT2D eigenvalue weighted by Crippen LogP contribution is 2.23. The largest absolute Gasteiger partial charge is 0.361 e. The molecule has 164 valence electrons. The highest BCUT2D eigenvalue weighted by molar-refractivity contribution is 5.91. The number of fused-ring (bicyclic) bond motifs is 1. The molecule has 5 rings (SSSR count). The number of aromatic nitrogens is 6. The lowest BCUT2D eigenvalue weighted by atomic mass is 10.1. The van der Waals surface area contributed by atoms with Crippen molar-refractivity contribution in [3.05, 3.63) is 77.9 Å². The highest BCUT2D eigenvalue weighted by Gasteiger charge is 2.13. The molecule has 1 aromatic carbocycles. The molecular weight excluding hydrogens is 418 g/mol. The Labute approximate surface area is 189 Å². The Hall–Kier alpha value is -4.40. The van der Waals surface area contributed by atoms with Crippen LogP contribution in [0.4, 0.5) is 5.69 Å². The molecule has 0 spiro atoms. The molecule has 0 saturated carbocycles. The first-order valence-corrected chi connectivity index (χ1v) is 10.5. The second kappa shape index (κ2) is 8.62. The molecule has 1 N–H and O–H groups in total. The van der Waals surface area contributed by atoms with E-state index in [1.54, 1.807) is 16.9 Å². The molecule has 0 saturated heterocycles. The van der Waals surface area contributed by atoms with Gasteiger partial charge in [0, 0.05) is 41.2 Å². The van der Waals surface area contributed by atoms with Crippen molar-refractivity contribution in [2.75, 3.05) is 5.32 Å². The maximum atomic E-state index is 12.5. The number of anilines is 1. The van der Waals surface area contributed by atoms with Crippen molar-refractivity contribution in [2.45, 2.75) is 26.7 Å². The van der Waals surface area contributed by atoms with E-state index in [2.05, 4.69) is 25.7 Å². The topological polar surface area (TPSA) is 111 Å². The van der Waals surface area contributed by atoms with Crippen molar-refractivity contribution in [2.24, 2.45) is 0 Å². The lowest BCUT2D eigenvalue weighted by molar-refractivity contribution is -0.116. The van der Waals surface area contributed by atoms with Crippen LogP contribution in [0.3, 0.4) is 0 Å². The molecule has 4 heterocycles. The fourth-order valence-electron chi connectivity index (χ4n) is 3.69. The number of hydrogen-bond acceptors (Lipinski definition) is 7. The molecule has 0 atom stereocenters. The molecule has 33 heavy (non-hydrogen) atoms. The smallest absolute Gasteiger partial charge is 0.224 e. The van der Waals surface area contributed by atoms with Crippen molar-refractivity contribution in [3.8, 4) is 22.6 Å². The van der Waals surface area contributed by atoms with Gasteiger partial charge in [-0.3, -0.25) is 9.78 Å². The number of aryl methyl sites for hydroxylation is 2. The summed E-state index contributed by atoms with van der Waals surface area (Å²) in [7, 11) is 0. The summed E-state index contributed by atoms with van der Waals surface area (Å²) < 4.78 is 6.86. The number of carbonyl (C=O) groups excluding carboxylic acids is 1. The van der Waals surface area contributed by atoms with Crippen LogP contribution in [0.25, 0.3) is 28.3 Å². The van der Waals surface area contributed by atoms with Crippen LogP contribution in [0.5, 0.6) is 0 Å². The second-order valence-corrected chi connectivity index (χ2v) is 7.69. The van der Waals surface area contributed by atoms with Crippen LogP contribution in [0.15, 0.2) is 65.4 Å². The van der Waals surface area contributed by atoms with Gasteiger partial charge in [-0.2, -0.15) is 9.61 Å². The van der Waals surface area contributed by atoms with Crippen molar-refractivity contribution < 1.29 is 9.32 Å². The van der Waals surface area contributed by atoms with Gasteiger partial charge >= 0.3 is 0 Å². The summed E-state index contributed by atoms with van der Waals surface area (Å²) in [5.74, 6) is 1.29. The van der Waals surface area contributed by atoms with Crippen molar-refractivity contribution in [1.29, 1.82) is 0 Å². The molecule has 1 amide bonds. The van der Waals surface area contributed by atoms with Crippen LogP contribution in [-0.4, -0.2) is 35.9 Å². The first-order chi connectivity index (χ1) is 16.1. The van der Waals surface area contributed by atoms with E-state index in [0.29, 0.717) is 30.0 Å². The Bertz CT molecular complexity index is 1420. The van der Waals surface area contributed by atoms with E-state index in [-0.39, 0.29) is 5.91 Å². The third-order valence-corrected chi connectivity index (χ3v) is 5.41. The summed E-state index contributed by atoms with van der Waals surface area (Å²) >= 11 is 0. The Morgan fingerprint density at radius 1 is 1.06 bits per heavy atom. The molecule has 0 unspecified atom stereocenters. The average molecular weight is 439 g/mol. The molecule has 0 fully saturated rings. The van der Waals surface area contributed by atoms with Crippen LogP contribution >= 0.6 is 0 Å².